The second-order valence-electron chi connectivity index (χ2n) is 5.17. The van der Waals surface area contributed by atoms with Crippen LogP contribution in [-0.4, -0.2) is 55.5 Å². The zero-order valence-corrected chi connectivity index (χ0v) is 14.0. The second-order valence-corrected chi connectivity index (χ2v) is 6.43. The Morgan fingerprint density at radius 3 is 2.95 bits per heavy atom. The first-order valence-corrected chi connectivity index (χ1v) is 7.76. The molecule has 20 heavy (non-hydrogen) atoms. The van der Waals surface area contributed by atoms with E-state index in [1.165, 1.54) is 0 Å². The monoisotopic (exact) mass is 359 g/mol. The first kappa shape index (κ1) is 15.8. The Hall–Kier alpha value is -0.620. The lowest BCUT2D eigenvalue weighted by Gasteiger charge is -2.36. The average molecular weight is 361 g/mol. The number of rotatable bonds is 3. The van der Waals surface area contributed by atoms with E-state index in [0.29, 0.717) is 11.6 Å². The van der Waals surface area contributed by atoms with Crippen molar-refractivity contribution in [1.82, 2.24) is 15.1 Å². The van der Waals surface area contributed by atoms with Gasteiger partial charge >= 0.3 is 0 Å². The van der Waals surface area contributed by atoms with Crippen LogP contribution in [0.4, 0.5) is 0 Å². The molecule has 1 fully saturated rings. The molecule has 1 aliphatic heterocycles. The summed E-state index contributed by atoms with van der Waals surface area (Å²) in [6.45, 7) is 3.19. The van der Waals surface area contributed by atoms with Crippen molar-refractivity contribution in [3.63, 3.8) is 0 Å². The first-order valence-electron chi connectivity index (χ1n) is 6.59. The van der Waals surface area contributed by atoms with E-state index in [1.807, 2.05) is 18.2 Å². The molecule has 1 aromatic carbocycles. The number of nitrogens with zero attached hydrogens (tertiary/aromatic N) is 2. The molecule has 1 atom stereocenters. The van der Waals surface area contributed by atoms with Crippen molar-refractivity contribution in [1.29, 1.82) is 0 Å². The maximum atomic E-state index is 12.2. The van der Waals surface area contributed by atoms with Gasteiger partial charge in [-0.1, -0.05) is 17.7 Å². The molecule has 1 unspecified atom stereocenters. The largest absolute Gasteiger partial charge is 0.347 e. The third kappa shape index (κ3) is 3.73. The molecular weight excluding hydrogens is 342 g/mol. The van der Waals surface area contributed by atoms with Crippen LogP contribution in [0, 0.1) is 0 Å². The van der Waals surface area contributed by atoms with Crippen molar-refractivity contribution < 1.29 is 4.79 Å². The summed E-state index contributed by atoms with van der Waals surface area (Å²) < 4.78 is 0.893. The van der Waals surface area contributed by atoms with Crippen LogP contribution in [-0.2, 0) is 11.3 Å². The lowest BCUT2D eigenvalue weighted by Crippen LogP contribution is -2.57. The summed E-state index contributed by atoms with van der Waals surface area (Å²) in [4.78, 5) is 16.1. The van der Waals surface area contributed by atoms with Crippen LogP contribution in [0.1, 0.15) is 5.56 Å². The van der Waals surface area contributed by atoms with Crippen molar-refractivity contribution in [3.8, 4) is 0 Å². The van der Waals surface area contributed by atoms with Gasteiger partial charge in [0, 0.05) is 44.7 Å². The summed E-state index contributed by atoms with van der Waals surface area (Å²) in [7, 11) is 3.59. The highest BCUT2D eigenvalue weighted by molar-refractivity contribution is 9.10. The van der Waals surface area contributed by atoms with Gasteiger partial charge in [0.25, 0.3) is 0 Å². The summed E-state index contributed by atoms with van der Waals surface area (Å²) in [6.07, 6.45) is 0. The second kappa shape index (κ2) is 6.89. The summed E-state index contributed by atoms with van der Waals surface area (Å²) >= 11 is 9.52. The number of amides is 1. The molecular formula is C14H19BrClN3O. The lowest BCUT2D eigenvalue weighted by molar-refractivity contribution is -0.135. The number of carbonyl (C=O) groups excluding carboxylic acids is 1. The Morgan fingerprint density at radius 1 is 1.55 bits per heavy atom. The van der Waals surface area contributed by atoms with E-state index in [2.05, 4.69) is 26.1 Å². The van der Waals surface area contributed by atoms with Gasteiger partial charge in [-0.15, -0.1) is 0 Å². The highest BCUT2D eigenvalue weighted by Gasteiger charge is 2.29. The fourth-order valence-corrected chi connectivity index (χ4v) is 2.80. The normalized spacial score (nSPS) is 19.9. The summed E-state index contributed by atoms with van der Waals surface area (Å²) in [5, 5.41) is 3.99. The SMILES string of the molecule is CN(C)C(=O)C1CNCCN1Cc1ccc(Br)c(Cl)c1. The van der Waals surface area contributed by atoms with Gasteiger partial charge in [0.1, 0.15) is 6.04 Å². The van der Waals surface area contributed by atoms with Gasteiger partial charge < -0.3 is 10.2 Å². The molecule has 1 aliphatic rings. The van der Waals surface area contributed by atoms with E-state index in [9.17, 15) is 4.79 Å². The molecule has 2 rings (SSSR count). The molecule has 1 aromatic rings. The predicted octanol–water partition coefficient (Wildman–Crippen LogP) is 1.96. The standard InChI is InChI=1S/C14H19BrClN3O/c1-18(2)14(20)13-8-17-5-6-19(13)9-10-3-4-11(15)12(16)7-10/h3-4,7,13,17H,5-6,8-9H2,1-2H3. The van der Waals surface area contributed by atoms with Crippen LogP contribution in [0.3, 0.4) is 0 Å². The maximum absolute atomic E-state index is 12.2. The van der Waals surface area contributed by atoms with Crippen molar-refractivity contribution in [3.05, 3.63) is 33.3 Å². The third-order valence-electron chi connectivity index (χ3n) is 3.45. The highest BCUT2D eigenvalue weighted by Crippen LogP contribution is 2.24. The molecule has 110 valence electrons. The topological polar surface area (TPSA) is 35.6 Å². The molecule has 0 spiro atoms. The molecule has 1 amide bonds. The van der Waals surface area contributed by atoms with Gasteiger partial charge in [-0.2, -0.15) is 0 Å². The van der Waals surface area contributed by atoms with Crippen LogP contribution >= 0.6 is 27.5 Å². The molecule has 1 heterocycles. The molecule has 0 saturated carbocycles. The van der Waals surface area contributed by atoms with E-state index in [4.69, 9.17) is 11.6 Å². The van der Waals surface area contributed by atoms with E-state index >= 15 is 0 Å². The summed E-state index contributed by atoms with van der Waals surface area (Å²) in [6, 6.07) is 5.82. The summed E-state index contributed by atoms with van der Waals surface area (Å²) in [5.41, 5.74) is 1.12. The zero-order chi connectivity index (χ0) is 14.7. The number of halogens is 2. The van der Waals surface area contributed by atoms with Crippen molar-refractivity contribution in [2.45, 2.75) is 12.6 Å². The van der Waals surface area contributed by atoms with E-state index in [0.717, 1.165) is 29.7 Å². The van der Waals surface area contributed by atoms with Crippen molar-refractivity contribution in [2.24, 2.45) is 0 Å². The van der Waals surface area contributed by atoms with Crippen molar-refractivity contribution >= 4 is 33.4 Å². The van der Waals surface area contributed by atoms with E-state index in [1.54, 1.807) is 19.0 Å². The van der Waals surface area contributed by atoms with E-state index in [-0.39, 0.29) is 11.9 Å². The lowest BCUT2D eigenvalue weighted by atomic mass is 10.1. The smallest absolute Gasteiger partial charge is 0.240 e. The van der Waals surface area contributed by atoms with Crippen LogP contribution in [0.2, 0.25) is 5.02 Å². The van der Waals surface area contributed by atoms with Crippen LogP contribution in [0.25, 0.3) is 0 Å². The van der Waals surface area contributed by atoms with Gasteiger partial charge in [-0.05, 0) is 33.6 Å². The predicted molar refractivity (Wildman–Crippen MR) is 84.9 cm³/mol. The summed E-state index contributed by atoms with van der Waals surface area (Å²) in [5.74, 6) is 0.139. The number of carbonyl (C=O) groups is 1. The number of hydrogen-bond acceptors (Lipinski definition) is 3. The molecule has 6 heteroatoms. The van der Waals surface area contributed by atoms with Gasteiger partial charge in [0.15, 0.2) is 0 Å². The molecule has 1 N–H and O–H groups in total. The Balaban J connectivity index is 2.12. The Morgan fingerprint density at radius 2 is 2.30 bits per heavy atom. The minimum atomic E-state index is -0.110. The maximum Gasteiger partial charge on any atom is 0.240 e. The fraction of sp³-hybridized carbons (Fsp3) is 0.500. The minimum Gasteiger partial charge on any atom is -0.347 e. The number of benzene rings is 1. The Kier molecular flexibility index (Phi) is 5.43. The number of hydrogen-bond donors (Lipinski definition) is 1. The molecule has 0 radical (unpaired) electrons. The molecule has 0 aliphatic carbocycles. The molecule has 4 nitrogen and oxygen atoms in total. The number of likely N-dealkylation sites (N-methyl/N-ethyl adjacent to an activating group) is 1. The molecule has 0 aromatic heterocycles. The molecule has 0 bridgehead atoms. The minimum absolute atomic E-state index is 0.110. The van der Waals surface area contributed by atoms with Gasteiger partial charge in [-0.25, -0.2) is 0 Å². The average Bonchev–Trinajstić information content (AvgIpc) is 2.42. The van der Waals surface area contributed by atoms with Gasteiger partial charge in [0.2, 0.25) is 5.91 Å². The van der Waals surface area contributed by atoms with Gasteiger partial charge in [-0.3, -0.25) is 9.69 Å². The third-order valence-corrected chi connectivity index (χ3v) is 4.68. The number of piperazine rings is 1. The Bertz CT molecular complexity index is 495. The zero-order valence-electron chi connectivity index (χ0n) is 11.7. The first-order chi connectivity index (χ1) is 9.49. The van der Waals surface area contributed by atoms with Crippen LogP contribution in [0.5, 0.6) is 0 Å². The van der Waals surface area contributed by atoms with Gasteiger partial charge in [0.05, 0.1) is 5.02 Å². The van der Waals surface area contributed by atoms with E-state index < -0.39 is 0 Å². The highest BCUT2D eigenvalue weighted by atomic mass is 79.9. The Labute approximate surface area is 133 Å². The quantitative estimate of drug-likeness (QED) is 0.895. The van der Waals surface area contributed by atoms with Crippen LogP contribution < -0.4 is 5.32 Å². The van der Waals surface area contributed by atoms with Crippen LogP contribution in [0.15, 0.2) is 22.7 Å². The number of nitrogens with one attached hydrogen (secondary N) is 1. The fourth-order valence-electron chi connectivity index (χ4n) is 2.35. The van der Waals surface area contributed by atoms with Crippen molar-refractivity contribution in [2.75, 3.05) is 33.7 Å². The molecule has 1 saturated heterocycles.